The minimum atomic E-state index is -3.78. The molecule has 0 spiro atoms. The third-order valence-corrected chi connectivity index (χ3v) is 11.7. The van der Waals surface area contributed by atoms with Crippen LogP contribution in [0.3, 0.4) is 0 Å². The number of halogens is 1. The summed E-state index contributed by atoms with van der Waals surface area (Å²) in [6.45, 7) is 10.8. The van der Waals surface area contributed by atoms with Crippen molar-refractivity contribution in [2.24, 2.45) is 0 Å². The Hall–Kier alpha value is -3.17. The second-order valence-corrected chi connectivity index (χ2v) is 14.7. The average Bonchev–Trinajstić information content (AvgIpc) is 3.50. The van der Waals surface area contributed by atoms with Crippen LogP contribution in [0.2, 0.25) is 18.1 Å². The maximum Gasteiger partial charge on any atom is 0.325 e. The Balaban J connectivity index is 0.000000532. The summed E-state index contributed by atoms with van der Waals surface area (Å²) in [5, 5.41) is 0.636. The summed E-state index contributed by atoms with van der Waals surface area (Å²) in [7, 11) is -3.64. The van der Waals surface area contributed by atoms with Crippen molar-refractivity contribution in [1.82, 2.24) is 8.54 Å². The molecule has 1 radical (unpaired) electrons. The zero-order valence-electron chi connectivity index (χ0n) is 23.4. The van der Waals surface area contributed by atoms with Crippen LogP contribution in [0.4, 0.5) is 4.39 Å². The molecule has 39 heavy (non-hydrogen) atoms. The van der Waals surface area contributed by atoms with E-state index in [1.165, 1.54) is 40.4 Å². The Bertz CT molecular complexity index is 1490. The molecule has 0 saturated carbocycles. The number of aromatic nitrogens is 2. The molecule has 2 aromatic carbocycles. The third kappa shape index (κ3) is 7.08. The second kappa shape index (κ2) is 13.8. The summed E-state index contributed by atoms with van der Waals surface area (Å²) in [6.07, 6.45) is 1.76. The molecule has 0 bridgehead atoms. The number of nitrogens with zero attached hydrogens (tertiary/aromatic N) is 2. The first kappa shape index (κ1) is 30.4. The van der Waals surface area contributed by atoms with Crippen molar-refractivity contribution in [2.45, 2.75) is 70.6 Å². The van der Waals surface area contributed by atoms with Crippen molar-refractivity contribution in [3.63, 3.8) is 0 Å². The van der Waals surface area contributed by atoms with Gasteiger partial charge in [-0.15, -0.1) is 0 Å². The van der Waals surface area contributed by atoms with Crippen molar-refractivity contribution < 1.29 is 22.3 Å². The molecular weight excluding hydrogens is 531 g/mol. The van der Waals surface area contributed by atoms with Crippen LogP contribution in [0.25, 0.3) is 10.9 Å². The van der Waals surface area contributed by atoms with Crippen molar-refractivity contribution in [3.8, 4) is 0 Å². The highest BCUT2D eigenvalue weighted by atomic mass is 32.2. The van der Waals surface area contributed by atoms with Crippen LogP contribution in [-0.4, -0.2) is 38.3 Å². The Morgan fingerprint density at radius 3 is 2.21 bits per heavy atom. The Morgan fingerprint density at radius 2 is 1.62 bits per heavy atom. The highest BCUT2D eigenvalue weighted by Crippen LogP contribution is 2.30. The first-order valence-corrected chi connectivity index (χ1v) is 17.0. The van der Waals surface area contributed by atoms with Crippen molar-refractivity contribution in [2.75, 3.05) is 6.61 Å². The van der Waals surface area contributed by atoms with Gasteiger partial charge >= 0.3 is 5.97 Å². The fraction of sp³-hybridized carbons (Fsp3) is 0.367. The standard InChI is InChI=1S/C24H23FN2O4S.C6H15Si/c1-3-31-24(28)16-26-17(2)21(22-14-18(25)11-12-23(22)26)15-19-8-7-13-27(19)32(29,30)20-9-5-4-6-10-20;1-4-7(5-2)6-3/h4-14H,3,15-16H2,1-2H3;4-6H2,1-3H3. The number of ether oxygens (including phenoxy) is 1. The van der Waals surface area contributed by atoms with Gasteiger partial charge in [0, 0.05) is 43.7 Å². The Kier molecular flexibility index (Phi) is 10.7. The summed E-state index contributed by atoms with van der Waals surface area (Å²) in [6, 6.07) is 20.3. The molecule has 0 aliphatic heterocycles. The van der Waals surface area contributed by atoms with Gasteiger partial charge in [-0.25, -0.2) is 16.8 Å². The van der Waals surface area contributed by atoms with Crippen LogP contribution in [0, 0.1) is 12.7 Å². The van der Waals surface area contributed by atoms with Crippen LogP contribution >= 0.6 is 0 Å². The fourth-order valence-corrected chi connectivity index (χ4v) is 7.59. The van der Waals surface area contributed by atoms with E-state index in [1.54, 1.807) is 60.0 Å². The lowest BCUT2D eigenvalue weighted by atomic mass is 10.1. The van der Waals surface area contributed by atoms with E-state index in [0.717, 1.165) is 11.3 Å². The predicted molar refractivity (Wildman–Crippen MR) is 157 cm³/mol. The third-order valence-electron chi connectivity index (χ3n) is 6.96. The lowest BCUT2D eigenvalue weighted by Gasteiger charge is -2.11. The topological polar surface area (TPSA) is 70.3 Å². The largest absolute Gasteiger partial charge is 0.465 e. The van der Waals surface area contributed by atoms with E-state index >= 15 is 0 Å². The molecule has 0 N–H and O–H groups in total. The van der Waals surface area contributed by atoms with Gasteiger partial charge < -0.3 is 9.30 Å². The average molecular weight is 570 g/mol. The van der Waals surface area contributed by atoms with E-state index in [2.05, 4.69) is 20.8 Å². The normalized spacial score (nSPS) is 11.5. The Morgan fingerprint density at radius 1 is 0.949 bits per heavy atom. The maximum atomic E-state index is 14.1. The Labute approximate surface area is 233 Å². The number of esters is 1. The molecule has 2 heterocycles. The summed E-state index contributed by atoms with van der Waals surface area (Å²) >= 11 is 0. The monoisotopic (exact) mass is 569 g/mol. The molecular formula is C30H38FN2O4SSi. The van der Waals surface area contributed by atoms with Gasteiger partial charge in [-0.3, -0.25) is 4.79 Å². The van der Waals surface area contributed by atoms with E-state index in [9.17, 15) is 17.6 Å². The SMILES string of the molecule is CCOC(=O)Cn1c(C)c(Cc2cccn2S(=O)(=O)c2ccccc2)c2cc(F)ccc21.CC[Si](CC)CC. The van der Waals surface area contributed by atoms with Gasteiger partial charge in [-0.1, -0.05) is 57.1 Å². The number of fused-ring (bicyclic) bond motifs is 1. The van der Waals surface area contributed by atoms with E-state index in [1.807, 2.05) is 6.92 Å². The lowest BCUT2D eigenvalue weighted by Crippen LogP contribution is -2.16. The van der Waals surface area contributed by atoms with Crippen molar-refractivity contribution in [3.05, 3.63) is 89.6 Å². The van der Waals surface area contributed by atoms with Gasteiger partial charge in [0.2, 0.25) is 0 Å². The number of carbonyl (C=O) groups excluding carboxylic acids is 1. The molecule has 0 fully saturated rings. The molecule has 0 saturated heterocycles. The number of hydrogen-bond donors (Lipinski definition) is 0. The van der Waals surface area contributed by atoms with Gasteiger partial charge in [-0.2, -0.15) is 0 Å². The van der Waals surface area contributed by atoms with Gasteiger partial charge in [0.05, 0.1) is 11.5 Å². The summed E-state index contributed by atoms with van der Waals surface area (Å²) in [5.74, 6) is -0.794. The molecule has 0 amide bonds. The first-order valence-electron chi connectivity index (χ1n) is 13.4. The van der Waals surface area contributed by atoms with Gasteiger partial charge in [0.15, 0.2) is 0 Å². The molecule has 4 aromatic rings. The first-order chi connectivity index (χ1) is 18.7. The highest BCUT2D eigenvalue weighted by Gasteiger charge is 2.22. The van der Waals surface area contributed by atoms with Crippen LogP contribution in [0.5, 0.6) is 0 Å². The smallest absolute Gasteiger partial charge is 0.325 e. The molecule has 0 unspecified atom stereocenters. The highest BCUT2D eigenvalue weighted by molar-refractivity contribution is 7.90. The molecule has 9 heteroatoms. The van der Waals surface area contributed by atoms with Gasteiger partial charge in [0.25, 0.3) is 10.0 Å². The van der Waals surface area contributed by atoms with Gasteiger partial charge in [-0.05, 0) is 61.9 Å². The van der Waals surface area contributed by atoms with Gasteiger partial charge in [0.1, 0.15) is 12.4 Å². The molecule has 4 rings (SSSR count). The summed E-state index contributed by atoms with van der Waals surface area (Å²) in [5.41, 5.74) is 2.74. The van der Waals surface area contributed by atoms with E-state index in [-0.39, 0.29) is 33.3 Å². The fourth-order valence-electron chi connectivity index (χ4n) is 4.70. The molecule has 0 aliphatic carbocycles. The number of rotatable bonds is 10. The second-order valence-electron chi connectivity index (χ2n) is 9.22. The quantitative estimate of drug-likeness (QED) is 0.155. The van der Waals surface area contributed by atoms with Crippen LogP contribution in [0.15, 0.2) is 71.8 Å². The maximum absolute atomic E-state index is 14.1. The lowest BCUT2D eigenvalue weighted by molar-refractivity contribution is -0.143. The minimum absolute atomic E-state index is 0.00880. The minimum Gasteiger partial charge on any atom is -0.465 e. The molecule has 0 atom stereocenters. The zero-order valence-corrected chi connectivity index (χ0v) is 25.2. The van der Waals surface area contributed by atoms with E-state index in [4.69, 9.17) is 4.74 Å². The zero-order chi connectivity index (χ0) is 28.6. The number of benzene rings is 2. The molecule has 209 valence electrons. The van der Waals surface area contributed by atoms with Crippen molar-refractivity contribution >= 4 is 35.7 Å². The van der Waals surface area contributed by atoms with Crippen LogP contribution < -0.4 is 0 Å². The van der Waals surface area contributed by atoms with E-state index < -0.39 is 21.8 Å². The van der Waals surface area contributed by atoms with E-state index in [0.29, 0.717) is 16.6 Å². The number of carbonyl (C=O) groups is 1. The number of hydrogen-bond acceptors (Lipinski definition) is 4. The molecule has 2 aromatic heterocycles. The molecule has 6 nitrogen and oxygen atoms in total. The van der Waals surface area contributed by atoms with Crippen LogP contribution in [0.1, 0.15) is 44.6 Å². The summed E-state index contributed by atoms with van der Waals surface area (Å²) < 4.78 is 48.6. The van der Waals surface area contributed by atoms with Crippen LogP contribution in [-0.2, 0) is 32.5 Å². The predicted octanol–water partition coefficient (Wildman–Crippen LogP) is 6.82. The summed E-state index contributed by atoms with van der Waals surface area (Å²) in [4.78, 5) is 12.3. The van der Waals surface area contributed by atoms with Crippen molar-refractivity contribution in [1.29, 1.82) is 0 Å². The molecule has 0 aliphatic rings.